The van der Waals surface area contributed by atoms with Crippen LogP contribution in [-0.2, 0) is 24.6 Å². The van der Waals surface area contributed by atoms with Gasteiger partial charge in [-0.25, -0.2) is 40.8 Å². The van der Waals surface area contributed by atoms with Crippen molar-refractivity contribution in [1.29, 1.82) is 21.6 Å². The topological polar surface area (TPSA) is 164 Å². The molecule has 0 heterocycles. The van der Waals surface area contributed by atoms with Gasteiger partial charge >= 0.3 is 0 Å². The van der Waals surface area contributed by atoms with Crippen LogP contribution < -0.4 is 0 Å². The second-order valence-electron chi connectivity index (χ2n) is 5.63. The van der Waals surface area contributed by atoms with E-state index in [0.29, 0.717) is 0 Å². The molecular weight excluding hydrogens is 408 g/mol. The van der Waals surface area contributed by atoms with Gasteiger partial charge in [-0.2, -0.15) is 0 Å². The molecule has 0 saturated heterocycles. The number of nitrogens with one attached hydrogen (secondary N) is 4. The molecule has 3 rings (SSSR count). The lowest BCUT2D eigenvalue weighted by atomic mass is 9.71. The van der Waals surface area contributed by atoms with Crippen molar-refractivity contribution in [3.05, 3.63) is 108 Å². The molecule has 0 amide bonds. The molecule has 32 heavy (non-hydrogen) atoms. The predicted molar refractivity (Wildman–Crippen MR) is 119 cm³/mol. The van der Waals surface area contributed by atoms with Crippen molar-refractivity contribution < 1.29 is 19.2 Å². The summed E-state index contributed by atoms with van der Waals surface area (Å²) in [5, 5.41) is 21.6. The Labute approximate surface area is 185 Å². The highest BCUT2D eigenvalue weighted by Crippen LogP contribution is 2.38. The van der Waals surface area contributed by atoms with Crippen LogP contribution in [0, 0.1) is 21.6 Å². The summed E-state index contributed by atoms with van der Waals surface area (Å²) in [7, 11) is 0. The van der Waals surface area contributed by atoms with E-state index in [-0.39, 0.29) is 5.41 Å². The molecule has 0 aromatic heterocycles. The van der Waals surface area contributed by atoms with Gasteiger partial charge in [0.25, 0.3) is 0 Å². The molecule has 4 N–H and O–H groups in total. The van der Waals surface area contributed by atoms with E-state index in [9.17, 15) is 0 Å². The Morgan fingerprint density at radius 2 is 0.625 bits per heavy atom. The first-order valence-corrected chi connectivity index (χ1v) is 8.80. The molecule has 8 nitrogen and oxygen atoms in total. The molecule has 0 saturated carbocycles. The fraction of sp³-hybridized carbons (Fsp3) is 0.0833. The van der Waals surface area contributed by atoms with Crippen molar-refractivity contribution in [2.75, 3.05) is 0 Å². The van der Waals surface area contributed by atoms with Gasteiger partial charge in [0.2, 0.25) is 24.3 Å². The predicted octanol–water partition coefficient (Wildman–Crippen LogP) is 4.64. The molecular formula is C24H22N4O4. The second-order valence-corrected chi connectivity index (χ2v) is 5.63. The van der Waals surface area contributed by atoms with Crippen molar-refractivity contribution in [2.45, 2.75) is 12.3 Å². The third kappa shape index (κ3) is 10.6. The molecule has 0 aliphatic carbocycles. The van der Waals surface area contributed by atoms with Crippen LogP contribution in [0.2, 0.25) is 0 Å². The van der Waals surface area contributed by atoms with E-state index >= 15 is 0 Å². The monoisotopic (exact) mass is 430 g/mol. The average molecular weight is 430 g/mol. The quantitative estimate of drug-likeness (QED) is 0.270. The number of carbonyl (C=O) groups excluding carboxylic acids is 4. The molecule has 0 radical (unpaired) electrons. The lowest BCUT2D eigenvalue weighted by Crippen LogP contribution is -2.25. The van der Waals surface area contributed by atoms with Crippen molar-refractivity contribution >= 4 is 24.3 Å². The molecule has 0 atom stereocenters. The minimum absolute atomic E-state index is 0.121. The summed E-state index contributed by atoms with van der Waals surface area (Å²) in [5.41, 5.74) is 3.83. The van der Waals surface area contributed by atoms with Crippen LogP contribution in [0.3, 0.4) is 0 Å². The third-order valence-corrected chi connectivity index (χ3v) is 4.05. The van der Waals surface area contributed by atoms with Gasteiger partial charge in [0.05, 0.1) is 0 Å². The fourth-order valence-electron chi connectivity index (χ4n) is 2.81. The zero-order chi connectivity index (χ0) is 24.7. The van der Waals surface area contributed by atoms with E-state index in [1.165, 1.54) is 16.7 Å². The summed E-state index contributed by atoms with van der Waals surface area (Å²) in [6, 6.07) is 32.1. The Bertz CT molecular complexity index is 871. The van der Waals surface area contributed by atoms with Gasteiger partial charge in [-0.05, 0) is 23.6 Å². The summed E-state index contributed by atoms with van der Waals surface area (Å²) in [6.45, 7) is 2.30. The lowest BCUT2D eigenvalue weighted by molar-refractivity contribution is 0.562. The number of benzene rings is 3. The molecule has 3 aromatic carbocycles. The van der Waals surface area contributed by atoms with Crippen LogP contribution in [0.25, 0.3) is 0 Å². The molecule has 0 aliphatic heterocycles. The molecule has 0 unspecified atom stereocenters. The Balaban J connectivity index is 0. The zero-order valence-electron chi connectivity index (χ0n) is 17.3. The Hall–Kier alpha value is -4.82. The summed E-state index contributed by atoms with van der Waals surface area (Å²) in [6.07, 6.45) is 3.00. The fourth-order valence-corrected chi connectivity index (χ4v) is 2.81. The van der Waals surface area contributed by atoms with Crippen LogP contribution in [-0.4, -0.2) is 24.3 Å². The highest BCUT2D eigenvalue weighted by molar-refractivity contribution is 5.49. The van der Waals surface area contributed by atoms with Crippen molar-refractivity contribution in [3.63, 3.8) is 0 Å². The third-order valence-electron chi connectivity index (χ3n) is 4.05. The Morgan fingerprint density at radius 3 is 0.781 bits per heavy atom. The second kappa shape index (κ2) is 19.5. The van der Waals surface area contributed by atoms with Gasteiger partial charge in [0.15, 0.2) is 0 Å². The normalized spacial score (nSPS) is 8.03. The maximum Gasteiger partial charge on any atom is 0.231 e. The molecule has 8 heteroatoms. The van der Waals surface area contributed by atoms with E-state index in [4.69, 9.17) is 40.8 Å². The van der Waals surface area contributed by atoms with E-state index < -0.39 is 0 Å². The van der Waals surface area contributed by atoms with Gasteiger partial charge in [0.1, 0.15) is 0 Å². The first kappa shape index (κ1) is 29.4. The van der Waals surface area contributed by atoms with Gasteiger partial charge in [-0.1, -0.05) is 91.0 Å². The van der Waals surface area contributed by atoms with Gasteiger partial charge in [-0.15, -0.1) is 0 Å². The van der Waals surface area contributed by atoms with Gasteiger partial charge in [-0.3, -0.25) is 0 Å². The van der Waals surface area contributed by atoms with Crippen molar-refractivity contribution in [3.8, 4) is 0 Å². The van der Waals surface area contributed by atoms with E-state index in [2.05, 4.69) is 97.9 Å². The molecule has 0 fully saturated rings. The number of isocyanates is 4. The zero-order valence-corrected chi connectivity index (χ0v) is 17.3. The van der Waals surface area contributed by atoms with Crippen molar-refractivity contribution in [1.82, 2.24) is 0 Å². The SMILES string of the molecule is CC(c1ccccc1)(c1ccccc1)c1ccccc1.N=C=O.N=C=O.N=C=O.N=C=O. The van der Waals surface area contributed by atoms with Crippen LogP contribution >= 0.6 is 0 Å². The number of hydrogen-bond donors (Lipinski definition) is 4. The molecule has 0 aliphatic rings. The Kier molecular flexibility index (Phi) is 17.9. The summed E-state index contributed by atoms with van der Waals surface area (Å²) < 4.78 is 0. The molecule has 0 spiro atoms. The smallest absolute Gasteiger partial charge is 0.222 e. The van der Waals surface area contributed by atoms with Gasteiger partial charge < -0.3 is 0 Å². The van der Waals surface area contributed by atoms with Crippen LogP contribution in [0.1, 0.15) is 23.6 Å². The summed E-state index contributed by atoms with van der Waals surface area (Å²) in [4.78, 5) is 33.4. The van der Waals surface area contributed by atoms with E-state index in [0.717, 1.165) is 24.3 Å². The largest absolute Gasteiger partial charge is 0.231 e. The summed E-state index contributed by atoms with van der Waals surface area (Å²) in [5.74, 6) is 0. The van der Waals surface area contributed by atoms with Crippen molar-refractivity contribution in [2.24, 2.45) is 0 Å². The minimum Gasteiger partial charge on any atom is -0.222 e. The maximum atomic E-state index is 8.35. The van der Waals surface area contributed by atoms with E-state index in [1.54, 1.807) is 0 Å². The average Bonchev–Trinajstić information content (AvgIpc) is 2.82. The van der Waals surface area contributed by atoms with Crippen LogP contribution in [0.5, 0.6) is 0 Å². The summed E-state index contributed by atoms with van der Waals surface area (Å²) >= 11 is 0. The van der Waals surface area contributed by atoms with E-state index in [1.807, 2.05) is 0 Å². The standard InChI is InChI=1S/C20H18.4CHNO/c1-20(17-11-5-2-6-12-17,18-13-7-3-8-14-18)19-15-9-4-10-16-19;4*2-1-3/h2-16H,1H3;4*2H. The highest BCUT2D eigenvalue weighted by Gasteiger charge is 2.30. The molecule has 0 bridgehead atoms. The molecule has 3 aromatic rings. The lowest BCUT2D eigenvalue weighted by Gasteiger charge is -2.31. The molecule has 162 valence electrons. The minimum atomic E-state index is -0.121. The van der Waals surface area contributed by atoms with Gasteiger partial charge in [0, 0.05) is 5.41 Å². The highest BCUT2D eigenvalue weighted by atomic mass is 16.1. The first-order chi connectivity index (χ1) is 15.5. The van der Waals surface area contributed by atoms with Crippen LogP contribution in [0.15, 0.2) is 91.0 Å². The number of hydrogen-bond acceptors (Lipinski definition) is 8. The number of rotatable bonds is 3. The Morgan fingerprint density at radius 1 is 0.469 bits per heavy atom. The first-order valence-electron chi connectivity index (χ1n) is 8.80. The maximum absolute atomic E-state index is 8.35. The van der Waals surface area contributed by atoms with Crippen LogP contribution in [0.4, 0.5) is 0 Å².